The molecular formula is C19H28ClN3O. The Hall–Kier alpha value is -1.83. The van der Waals surface area contributed by atoms with Crippen LogP contribution in [-0.4, -0.2) is 18.7 Å². The Morgan fingerprint density at radius 3 is 2.62 bits per heavy atom. The molecule has 0 aliphatic carbocycles. The van der Waals surface area contributed by atoms with Crippen LogP contribution >= 0.6 is 11.6 Å². The van der Waals surface area contributed by atoms with Crippen LogP contribution in [0, 0.1) is 17.2 Å². The standard InChI is InChI=1S/C17H22ClN3O.C2H6/c1-12(13(2)7-8-22-4)5-6-14(3)21-17-9-16(18)15(10-19)11-20-17;1-2/h5-6,9,11,13H,7-8H2,1-4H3,(H,20,21);1-2H3/b12-5+,14-6+;. The van der Waals surface area contributed by atoms with Gasteiger partial charge in [-0.3, -0.25) is 0 Å². The van der Waals surface area contributed by atoms with Crippen LogP contribution in [0.2, 0.25) is 5.02 Å². The van der Waals surface area contributed by atoms with E-state index in [1.165, 1.54) is 11.8 Å². The van der Waals surface area contributed by atoms with E-state index in [2.05, 4.69) is 30.2 Å². The van der Waals surface area contributed by atoms with Gasteiger partial charge in [-0.2, -0.15) is 5.26 Å². The molecule has 0 fully saturated rings. The van der Waals surface area contributed by atoms with Gasteiger partial charge in [0.05, 0.1) is 10.6 Å². The predicted molar refractivity (Wildman–Crippen MR) is 102 cm³/mol. The molecule has 0 radical (unpaired) electrons. The zero-order valence-electron chi connectivity index (χ0n) is 15.5. The number of allylic oxidation sites excluding steroid dienone is 4. The summed E-state index contributed by atoms with van der Waals surface area (Å²) in [5, 5.41) is 12.4. The summed E-state index contributed by atoms with van der Waals surface area (Å²) >= 11 is 5.98. The van der Waals surface area contributed by atoms with Crippen LogP contribution in [0.25, 0.3) is 0 Å². The number of methoxy groups -OCH3 is 1. The number of halogens is 1. The van der Waals surface area contributed by atoms with Gasteiger partial charge in [-0.15, -0.1) is 0 Å². The summed E-state index contributed by atoms with van der Waals surface area (Å²) in [5.74, 6) is 1.10. The van der Waals surface area contributed by atoms with Gasteiger partial charge in [-0.1, -0.05) is 44.0 Å². The van der Waals surface area contributed by atoms with Gasteiger partial charge in [0.2, 0.25) is 0 Å². The highest BCUT2D eigenvalue weighted by molar-refractivity contribution is 6.31. The van der Waals surface area contributed by atoms with Crippen LogP contribution in [-0.2, 0) is 4.74 Å². The smallest absolute Gasteiger partial charge is 0.131 e. The number of nitrogens with one attached hydrogen (secondary N) is 1. The Morgan fingerprint density at radius 1 is 1.42 bits per heavy atom. The lowest BCUT2D eigenvalue weighted by molar-refractivity contribution is 0.185. The van der Waals surface area contributed by atoms with Crippen molar-refractivity contribution in [3.63, 3.8) is 0 Å². The molecular weight excluding hydrogens is 322 g/mol. The van der Waals surface area contributed by atoms with E-state index in [4.69, 9.17) is 21.6 Å². The van der Waals surface area contributed by atoms with E-state index in [0.29, 0.717) is 22.3 Å². The SMILES string of the molecule is CC.COCCC(C)/C(C)=C/C=C(\C)Nc1cc(Cl)c(C#N)cn1. The van der Waals surface area contributed by atoms with Crippen molar-refractivity contribution in [2.24, 2.45) is 5.92 Å². The van der Waals surface area contributed by atoms with Gasteiger partial charge in [-0.05, 0) is 32.3 Å². The molecule has 5 heteroatoms. The minimum absolute atomic E-state index is 0.372. The van der Waals surface area contributed by atoms with E-state index in [0.717, 1.165) is 18.7 Å². The molecule has 24 heavy (non-hydrogen) atoms. The first-order valence-electron chi connectivity index (χ1n) is 8.14. The van der Waals surface area contributed by atoms with Crippen molar-refractivity contribution in [2.75, 3.05) is 19.0 Å². The predicted octanol–water partition coefficient (Wildman–Crippen LogP) is 5.57. The maximum absolute atomic E-state index is 8.83. The van der Waals surface area contributed by atoms with Crippen molar-refractivity contribution < 1.29 is 4.74 Å². The minimum atomic E-state index is 0.372. The zero-order valence-corrected chi connectivity index (χ0v) is 16.2. The highest BCUT2D eigenvalue weighted by atomic mass is 35.5. The summed E-state index contributed by atoms with van der Waals surface area (Å²) in [6.07, 6.45) is 6.57. The van der Waals surface area contributed by atoms with Gasteiger partial charge >= 0.3 is 0 Å². The molecule has 0 spiro atoms. The van der Waals surface area contributed by atoms with Crippen LogP contribution in [0.15, 0.2) is 35.7 Å². The lowest BCUT2D eigenvalue weighted by Gasteiger charge is -2.11. The van der Waals surface area contributed by atoms with Crippen molar-refractivity contribution in [2.45, 2.75) is 41.0 Å². The van der Waals surface area contributed by atoms with E-state index in [-0.39, 0.29) is 0 Å². The summed E-state index contributed by atoms with van der Waals surface area (Å²) in [6, 6.07) is 3.64. The lowest BCUT2D eigenvalue weighted by atomic mass is 9.99. The molecule has 1 aromatic rings. The lowest BCUT2D eigenvalue weighted by Crippen LogP contribution is -2.02. The van der Waals surface area contributed by atoms with E-state index in [1.807, 2.05) is 32.9 Å². The van der Waals surface area contributed by atoms with E-state index >= 15 is 0 Å². The third-order valence-electron chi connectivity index (χ3n) is 3.43. The quantitative estimate of drug-likeness (QED) is 0.654. The third-order valence-corrected chi connectivity index (χ3v) is 3.74. The Kier molecular flexibility index (Phi) is 11.6. The summed E-state index contributed by atoms with van der Waals surface area (Å²) in [4.78, 5) is 4.16. The molecule has 0 aromatic carbocycles. The topological polar surface area (TPSA) is 57.9 Å². The number of pyridine rings is 1. The second-order valence-corrected chi connectivity index (χ2v) is 5.64. The van der Waals surface area contributed by atoms with Crippen molar-refractivity contribution >= 4 is 17.4 Å². The Bertz CT molecular complexity index is 603. The molecule has 0 saturated carbocycles. The number of ether oxygens (including phenoxy) is 1. The molecule has 0 saturated heterocycles. The Morgan fingerprint density at radius 2 is 2.08 bits per heavy atom. The fourth-order valence-electron chi connectivity index (χ4n) is 1.77. The number of rotatable bonds is 7. The van der Waals surface area contributed by atoms with Crippen LogP contribution < -0.4 is 5.32 Å². The molecule has 0 amide bonds. The van der Waals surface area contributed by atoms with Gasteiger partial charge in [0.25, 0.3) is 0 Å². The molecule has 132 valence electrons. The van der Waals surface area contributed by atoms with Crippen LogP contribution in [0.4, 0.5) is 5.82 Å². The van der Waals surface area contributed by atoms with Crippen LogP contribution in [0.3, 0.4) is 0 Å². The number of aromatic nitrogens is 1. The van der Waals surface area contributed by atoms with Crippen LogP contribution in [0.5, 0.6) is 0 Å². The number of nitrogens with zero attached hydrogens (tertiary/aromatic N) is 2. The van der Waals surface area contributed by atoms with Gasteiger partial charge in [0.15, 0.2) is 0 Å². The molecule has 0 aliphatic heterocycles. The first-order chi connectivity index (χ1) is 11.5. The molecule has 1 heterocycles. The number of hydrogen-bond donors (Lipinski definition) is 1. The van der Waals surface area contributed by atoms with Gasteiger partial charge in [0, 0.05) is 31.7 Å². The van der Waals surface area contributed by atoms with E-state index < -0.39 is 0 Å². The minimum Gasteiger partial charge on any atom is -0.385 e. The maximum Gasteiger partial charge on any atom is 0.131 e. The number of hydrogen-bond acceptors (Lipinski definition) is 4. The summed E-state index contributed by atoms with van der Waals surface area (Å²) in [5.41, 5.74) is 2.62. The Labute approximate surface area is 151 Å². The van der Waals surface area contributed by atoms with Gasteiger partial charge < -0.3 is 10.1 Å². The number of nitriles is 1. The monoisotopic (exact) mass is 349 g/mol. The molecule has 1 unspecified atom stereocenters. The van der Waals surface area contributed by atoms with Gasteiger partial charge in [-0.25, -0.2) is 4.98 Å². The summed E-state index contributed by atoms with van der Waals surface area (Å²) < 4.78 is 5.10. The molecule has 1 atom stereocenters. The van der Waals surface area contributed by atoms with Crippen molar-refractivity contribution in [1.82, 2.24) is 4.98 Å². The average Bonchev–Trinajstić information content (AvgIpc) is 2.59. The fourth-order valence-corrected chi connectivity index (χ4v) is 1.96. The average molecular weight is 350 g/mol. The number of anilines is 1. The Balaban J connectivity index is 0.00000254. The largest absolute Gasteiger partial charge is 0.385 e. The normalized spacial score (nSPS) is 12.8. The zero-order chi connectivity index (χ0) is 18.5. The molecule has 0 aliphatic rings. The summed E-state index contributed by atoms with van der Waals surface area (Å²) in [6.45, 7) is 11.0. The van der Waals surface area contributed by atoms with E-state index in [9.17, 15) is 0 Å². The molecule has 1 rings (SSSR count). The molecule has 0 bridgehead atoms. The highest BCUT2D eigenvalue weighted by Crippen LogP contribution is 2.19. The second kappa shape index (κ2) is 12.6. The molecule has 4 nitrogen and oxygen atoms in total. The first kappa shape index (κ1) is 22.2. The van der Waals surface area contributed by atoms with E-state index in [1.54, 1.807) is 13.2 Å². The third kappa shape index (κ3) is 8.14. The highest BCUT2D eigenvalue weighted by Gasteiger charge is 2.04. The maximum atomic E-state index is 8.83. The van der Waals surface area contributed by atoms with Gasteiger partial charge in [0.1, 0.15) is 11.9 Å². The first-order valence-corrected chi connectivity index (χ1v) is 8.52. The fraction of sp³-hybridized carbons (Fsp3) is 0.474. The molecule has 1 aromatic heterocycles. The van der Waals surface area contributed by atoms with Crippen molar-refractivity contribution in [1.29, 1.82) is 5.26 Å². The van der Waals surface area contributed by atoms with Crippen molar-refractivity contribution in [3.8, 4) is 6.07 Å². The summed E-state index contributed by atoms with van der Waals surface area (Å²) in [7, 11) is 1.72. The van der Waals surface area contributed by atoms with Crippen LogP contribution in [0.1, 0.15) is 46.6 Å². The second-order valence-electron chi connectivity index (χ2n) is 5.23. The molecule has 1 N–H and O–H groups in total. The van der Waals surface area contributed by atoms with Crippen molar-refractivity contribution in [3.05, 3.63) is 46.3 Å².